The number of alkyl halides is 3. The molecule has 128 valence electrons. The van der Waals surface area contributed by atoms with E-state index in [1.807, 2.05) is 0 Å². The quantitative estimate of drug-likeness (QED) is 0.341. The van der Waals surface area contributed by atoms with Gasteiger partial charge in [-0.15, -0.1) is 0 Å². The molecule has 0 atom stereocenters. The van der Waals surface area contributed by atoms with Crippen LogP contribution in [-0.4, -0.2) is 0 Å². The Morgan fingerprint density at radius 3 is 1.92 bits per heavy atom. The van der Waals surface area contributed by atoms with Gasteiger partial charge in [-0.2, -0.15) is 13.2 Å². The standard InChI is InChI=1S/C16H5Cl4F3N2/c1-24-14-12(19)9(11(18)13(20)15(14)25-2)5-7-3-4-8(6-10(7)17)16(21,22)23/h3-4,6H,5H2. The molecule has 9 heteroatoms. The van der Waals surface area contributed by atoms with Crippen LogP contribution in [-0.2, 0) is 12.6 Å². The van der Waals surface area contributed by atoms with Crippen molar-refractivity contribution in [3.63, 3.8) is 0 Å². The van der Waals surface area contributed by atoms with E-state index in [1.165, 1.54) is 6.07 Å². The first-order valence-electron chi connectivity index (χ1n) is 6.41. The van der Waals surface area contributed by atoms with Crippen LogP contribution in [0.15, 0.2) is 18.2 Å². The second-order valence-corrected chi connectivity index (χ2v) is 6.36. The summed E-state index contributed by atoms with van der Waals surface area (Å²) in [6, 6.07) is 2.88. The van der Waals surface area contributed by atoms with Gasteiger partial charge in [0.05, 0.1) is 28.8 Å². The summed E-state index contributed by atoms with van der Waals surface area (Å²) in [6.07, 6.45) is -4.57. The number of halogens is 7. The Balaban J connectivity index is 2.58. The maximum absolute atomic E-state index is 12.7. The van der Waals surface area contributed by atoms with Crippen molar-refractivity contribution in [3.05, 3.63) is 77.8 Å². The predicted octanol–water partition coefficient (Wildman–Crippen LogP) is 8.01. The fourth-order valence-electron chi connectivity index (χ4n) is 2.10. The van der Waals surface area contributed by atoms with Crippen LogP contribution in [0.3, 0.4) is 0 Å². The molecule has 0 heterocycles. The highest BCUT2D eigenvalue weighted by Gasteiger charge is 2.31. The molecule has 2 aromatic rings. The van der Waals surface area contributed by atoms with E-state index in [4.69, 9.17) is 59.5 Å². The molecule has 0 aliphatic carbocycles. The maximum Gasteiger partial charge on any atom is 0.416 e. The van der Waals surface area contributed by atoms with Crippen LogP contribution in [0.2, 0.25) is 20.1 Å². The molecule has 0 aromatic heterocycles. The molecule has 2 aromatic carbocycles. The smallest absolute Gasteiger partial charge is 0.248 e. The lowest BCUT2D eigenvalue weighted by Crippen LogP contribution is -2.05. The van der Waals surface area contributed by atoms with Crippen LogP contribution < -0.4 is 0 Å². The SMILES string of the molecule is [C-]#[N+]c1c(Cl)c(Cl)c(Cc2ccc(C(F)(F)F)cc2Cl)c(Cl)c1[N+]#[C-]. The highest BCUT2D eigenvalue weighted by Crippen LogP contribution is 2.49. The second-order valence-electron chi connectivity index (χ2n) is 4.82. The Bertz CT molecular complexity index is 941. The number of hydrogen-bond acceptors (Lipinski definition) is 0. The van der Waals surface area contributed by atoms with Gasteiger partial charge in [-0.3, -0.25) is 0 Å². The first kappa shape index (κ1) is 19.7. The van der Waals surface area contributed by atoms with Gasteiger partial charge in [0.15, 0.2) is 0 Å². The van der Waals surface area contributed by atoms with E-state index in [-0.39, 0.29) is 43.4 Å². The molecule has 25 heavy (non-hydrogen) atoms. The molecule has 2 rings (SSSR count). The zero-order chi connectivity index (χ0) is 18.9. The summed E-state index contributed by atoms with van der Waals surface area (Å²) in [4.78, 5) is 6.34. The average molecular weight is 424 g/mol. The van der Waals surface area contributed by atoms with Gasteiger partial charge in [-0.1, -0.05) is 52.5 Å². The van der Waals surface area contributed by atoms with Crippen LogP contribution in [0.25, 0.3) is 9.69 Å². The summed E-state index contributed by atoms with van der Waals surface area (Å²) < 4.78 is 38.1. The highest BCUT2D eigenvalue weighted by atomic mass is 35.5. The molecule has 0 spiro atoms. The van der Waals surface area contributed by atoms with Crippen LogP contribution in [0.1, 0.15) is 16.7 Å². The fraction of sp³-hybridized carbons (Fsp3) is 0.125. The molecule has 0 saturated heterocycles. The third-order valence-corrected chi connectivity index (χ3v) is 4.97. The van der Waals surface area contributed by atoms with Crippen LogP contribution >= 0.6 is 46.4 Å². The second kappa shape index (κ2) is 7.32. The lowest BCUT2D eigenvalue weighted by molar-refractivity contribution is -0.137. The molecule has 2 nitrogen and oxygen atoms in total. The molecule has 0 unspecified atom stereocenters. The highest BCUT2D eigenvalue weighted by molar-refractivity contribution is 6.47. The molecule has 0 N–H and O–H groups in total. The van der Waals surface area contributed by atoms with E-state index in [2.05, 4.69) is 9.69 Å². The predicted molar refractivity (Wildman–Crippen MR) is 93.3 cm³/mol. The van der Waals surface area contributed by atoms with E-state index < -0.39 is 11.7 Å². The summed E-state index contributed by atoms with van der Waals surface area (Å²) in [7, 11) is 0. The first-order chi connectivity index (χ1) is 11.6. The van der Waals surface area contributed by atoms with E-state index in [0.717, 1.165) is 12.1 Å². The third-order valence-electron chi connectivity index (χ3n) is 3.33. The van der Waals surface area contributed by atoms with Crippen molar-refractivity contribution < 1.29 is 13.2 Å². The van der Waals surface area contributed by atoms with Crippen molar-refractivity contribution in [2.24, 2.45) is 0 Å². The summed E-state index contributed by atoms with van der Waals surface area (Å²) >= 11 is 24.2. The van der Waals surface area contributed by atoms with Crippen molar-refractivity contribution in [3.8, 4) is 0 Å². The third kappa shape index (κ3) is 3.81. The van der Waals surface area contributed by atoms with Gasteiger partial charge >= 0.3 is 6.18 Å². The molecule has 0 amide bonds. The van der Waals surface area contributed by atoms with E-state index in [0.29, 0.717) is 5.56 Å². The zero-order valence-corrected chi connectivity index (χ0v) is 15.0. The van der Waals surface area contributed by atoms with E-state index in [9.17, 15) is 13.2 Å². The van der Waals surface area contributed by atoms with Crippen molar-refractivity contribution >= 4 is 57.8 Å². The Labute approximate surface area is 161 Å². The maximum atomic E-state index is 12.7. The van der Waals surface area contributed by atoms with Gasteiger partial charge in [-0.05, 0) is 23.3 Å². The topological polar surface area (TPSA) is 8.72 Å². The summed E-state index contributed by atoms with van der Waals surface area (Å²) in [6.45, 7) is 14.2. The first-order valence-corrected chi connectivity index (χ1v) is 7.92. The summed E-state index contributed by atoms with van der Waals surface area (Å²) in [5.74, 6) is 0. The lowest BCUT2D eigenvalue weighted by Gasteiger charge is -2.14. The van der Waals surface area contributed by atoms with E-state index >= 15 is 0 Å². The zero-order valence-electron chi connectivity index (χ0n) is 12.0. The van der Waals surface area contributed by atoms with Gasteiger partial charge in [-0.25, -0.2) is 9.69 Å². The minimum atomic E-state index is -4.52. The number of nitrogens with zero attached hydrogens (tertiary/aromatic N) is 2. The normalized spacial score (nSPS) is 11.1. The van der Waals surface area contributed by atoms with Gasteiger partial charge < -0.3 is 0 Å². The molecular weight excluding hydrogens is 419 g/mol. The van der Waals surface area contributed by atoms with Crippen LogP contribution in [0.4, 0.5) is 24.5 Å². The molecule has 0 radical (unpaired) electrons. The summed E-state index contributed by atoms with van der Waals surface area (Å²) in [5.41, 5.74) is -0.686. The Morgan fingerprint density at radius 1 is 0.880 bits per heavy atom. The Hall–Kier alpha value is -1.63. The molecule has 0 aliphatic rings. The van der Waals surface area contributed by atoms with Crippen LogP contribution in [0.5, 0.6) is 0 Å². The molecule has 0 fully saturated rings. The number of rotatable bonds is 2. The van der Waals surface area contributed by atoms with E-state index in [1.54, 1.807) is 0 Å². The lowest BCUT2D eigenvalue weighted by atomic mass is 10.0. The summed E-state index contributed by atoms with van der Waals surface area (Å²) in [5, 5.41) is -0.380. The van der Waals surface area contributed by atoms with Gasteiger partial charge in [0.1, 0.15) is 0 Å². The van der Waals surface area contributed by atoms with Gasteiger partial charge in [0.2, 0.25) is 11.4 Å². The average Bonchev–Trinajstić information content (AvgIpc) is 2.54. The minimum Gasteiger partial charge on any atom is -0.248 e. The van der Waals surface area contributed by atoms with Crippen LogP contribution in [0, 0.1) is 13.1 Å². The van der Waals surface area contributed by atoms with Gasteiger partial charge in [0, 0.05) is 16.5 Å². The van der Waals surface area contributed by atoms with Crippen molar-refractivity contribution in [2.75, 3.05) is 0 Å². The molecule has 0 aliphatic heterocycles. The number of benzene rings is 2. The number of hydrogen-bond donors (Lipinski definition) is 0. The minimum absolute atomic E-state index is 0.0407. The van der Waals surface area contributed by atoms with Crippen molar-refractivity contribution in [2.45, 2.75) is 12.6 Å². The molecular formula is C16H5Cl4F3N2. The van der Waals surface area contributed by atoms with Gasteiger partial charge in [0.25, 0.3) is 0 Å². The Kier molecular flexibility index (Phi) is 5.76. The fourth-order valence-corrected chi connectivity index (χ4v) is 3.19. The molecule has 0 saturated carbocycles. The van der Waals surface area contributed by atoms with Crippen molar-refractivity contribution in [1.29, 1.82) is 0 Å². The Morgan fingerprint density at radius 2 is 1.44 bits per heavy atom. The van der Waals surface area contributed by atoms with Crippen molar-refractivity contribution in [1.82, 2.24) is 0 Å². The molecule has 0 bridgehead atoms. The largest absolute Gasteiger partial charge is 0.416 e. The monoisotopic (exact) mass is 422 g/mol.